The van der Waals surface area contributed by atoms with Crippen LogP contribution in [0, 0.1) is 0 Å². The molecular formula is C19H18Cl2N4O4S4. The number of carboxylic acids is 1. The van der Waals surface area contributed by atoms with Crippen LogP contribution >= 0.6 is 70.4 Å². The molecule has 1 saturated heterocycles. The SMILES string of the molecule is CC1(SCC2=C(C(=O)O)N3C(=O)C(NC(=O)CSc4cc(Cl)ccc4Cl)[C@H]3SC2)N=CSN1. The largest absolute Gasteiger partial charge is 0.477 e. The van der Waals surface area contributed by atoms with Gasteiger partial charge in [0, 0.05) is 21.4 Å². The van der Waals surface area contributed by atoms with Crippen molar-refractivity contribution in [2.75, 3.05) is 17.3 Å². The summed E-state index contributed by atoms with van der Waals surface area (Å²) in [7, 11) is 0. The van der Waals surface area contributed by atoms with Crippen LogP contribution in [0.4, 0.5) is 0 Å². The number of hydrogen-bond donors (Lipinski definition) is 3. The average Bonchev–Trinajstić information content (AvgIpc) is 3.22. The van der Waals surface area contributed by atoms with E-state index < -0.39 is 28.3 Å². The molecule has 1 aromatic carbocycles. The molecule has 2 unspecified atom stereocenters. The average molecular weight is 566 g/mol. The minimum Gasteiger partial charge on any atom is -0.477 e. The zero-order valence-corrected chi connectivity index (χ0v) is 21.8. The summed E-state index contributed by atoms with van der Waals surface area (Å²) in [6.07, 6.45) is 0. The van der Waals surface area contributed by atoms with Crippen LogP contribution in [0.25, 0.3) is 0 Å². The summed E-state index contributed by atoms with van der Waals surface area (Å²) in [5.41, 5.74) is 2.36. The number of benzene rings is 1. The number of carbonyl (C=O) groups excluding carboxylic acids is 2. The Morgan fingerprint density at radius 2 is 2.21 bits per heavy atom. The molecule has 3 N–H and O–H groups in total. The van der Waals surface area contributed by atoms with Crippen LogP contribution in [0.3, 0.4) is 0 Å². The van der Waals surface area contributed by atoms with E-state index in [0.717, 1.165) is 0 Å². The number of hydrogen-bond acceptors (Lipinski definition) is 9. The molecule has 1 aromatic rings. The summed E-state index contributed by atoms with van der Waals surface area (Å²) in [4.78, 5) is 43.0. The number of aliphatic carboxylic acids is 1. The predicted molar refractivity (Wildman–Crippen MR) is 137 cm³/mol. The number of carboxylic acid groups (broad SMARTS) is 1. The minimum absolute atomic E-state index is 0.0000582. The smallest absolute Gasteiger partial charge is 0.352 e. The highest BCUT2D eigenvalue weighted by Crippen LogP contribution is 2.42. The fourth-order valence-electron chi connectivity index (χ4n) is 3.32. The van der Waals surface area contributed by atoms with E-state index in [1.54, 1.807) is 23.7 Å². The van der Waals surface area contributed by atoms with E-state index in [1.165, 1.54) is 52.1 Å². The zero-order valence-electron chi connectivity index (χ0n) is 17.0. The number of β-lactam (4-membered cyclic amide) rings is 1. The van der Waals surface area contributed by atoms with Gasteiger partial charge in [-0.3, -0.25) is 19.5 Å². The van der Waals surface area contributed by atoms with Crippen LogP contribution in [0.5, 0.6) is 0 Å². The second kappa shape index (κ2) is 10.3. The highest BCUT2D eigenvalue weighted by atomic mass is 35.5. The molecular weight excluding hydrogens is 547 g/mol. The van der Waals surface area contributed by atoms with Gasteiger partial charge in [0.25, 0.3) is 5.91 Å². The highest BCUT2D eigenvalue weighted by molar-refractivity contribution is 8.12. The number of fused-ring (bicyclic) bond motifs is 1. The standard InChI is InChI=1S/C19H18Cl2N4O4S4/c1-19(22-8-33-24-19)32-6-9-5-31-17-14(16(27)25(17)15(9)18(28)29)23-13(26)7-30-12-4-10(20)2-3-11(12)21/h2-4,8,14,17,24H,5-7H2,1H3,(H,23,26)(H,28,29)/t14?,17-,19?/m1/s1. The summed E-state index contributed by atoms with van der Waals surface area (Å²) in [5, 5.41) is 13.1. The van der Waals surface area contributed by atoms with Crippen molar-refractivity contribution >= 4 is 93.8 Å². The predicted octanol–water partition coefficient (Wildman–Crippen LogP) is 3.51. The molecule has 0 bridgehead atoms. The molecule has 0 aliphatic carbocycles. The lowest BCUT2D eigenvalue weighted by molar-refractivity contribution is -0.150. The van der Waals surface area contributed by atoms with Gasteiger partial charge in [0.15, 0.2) is 4.99 Å². The van der Waals surface area contributed by atoms with Crippen molar-refractivity contribution < 1.29 is 19.5 Å². The van der Waals surface area contributed by atoms with Gasteiger partial charge in [-0.25, -0.2) is 9.52 Å². The molecule has 1 fully saturated rings. The third-order valence-electron chi connectivity index (χ3n) is 4.95. The van der Waals surface area contributed by atoms with Crippen molar-refractivity contribution in [1.29, 1.82) is 0 Å². The fourth-order valence-corrected chi connectivity index (χ4v) is 7.96. The summed E-state index contributed by atoms with van der Waals surface area (Å²) < 4.78 is 3.15. The molecule has 0 saturated carbocycles. The second-order valence-corrected chi connectivity index (χ2v) is 12.3. The van der Waals surface area contributed by atoms with Crippen molar-refractivity contribution in [3.05, 3.63) is 39.5 Å². The monoisotopic (exact) mass is 564 g/mol. The maximum atomic E-state index is 12.8. The van der Waals surface area contributed by atoms with E-state index in [9.17, 15) is 19.5 Å². The van der Waals surface area contributed by atoms with E-state index in [2.05, 4.69) is 15.0 Å². The first-order valence-corrected chi connectivity index (χ1v) is 14.2. The summed E-state index contributed by atoms with van der Waals surface area (Å²) in [5.74, 6) is -0.995. The highest BCUT2D eigenvalue weighted by Gasteiger charge is 2.54. The fraction of sp³-hybridized carbons (Fsp3) is 0.368. The van der Waals surface area contributed by atoms with Crippen LogP contribution < -0.4 is 10.0 Å². The van der Waals surface area contributed by atoms with Gasteiger partial charge in [0.1, 0.15) is 17.1 Å². The Balaban J connectivity index is 1.38. The number of rotatable bonds is 8. The van der Waals surface area contributed by atoms with Gasteiger partial charge in [-0.2, -0.15) is 0 Å². The molecule has 8 nitrogen and oxygen atoms in total. The van der Waals surface area contributed by atoms with Crippen LogP contribution in [0.1, 0.15) is 6.92 Å². The molecule has 3 heterocycles. The van der Waals surface area contributed by atoms with Gasteiger partial charge in [-0.15, -0.1) is 35.3 Å². The third-order valence-corrected chi connectivity index (χ3v) is 10.1. The van der Waals surface area contributed by atoms with E-state index in [1.807, 2.05) is 6.92 Å². The Morgan fingerprint density at radius 3 is 2.91 bits per heavy atom. The lowest BCUT2D eigenvalue weighted by Gasteiger charge is -2.49. The number of carbonyl (C=O) groups is 3. The molecule has 3 aliphatic rings. The molecule has 33 heavy (non-hydrogen) atoms. The van der Waals surface area contributed by atoms with Crippen LogP contribution in [0.2, 0.25) is 10.0 Å². The number of aliphatic imine (C=N–C) groups is 1. The van der Waals surface area contributed by atoms with Crippen LogP contribution in [-0.2, 0) is 14.4 Å². The maximum Gasteiger partial charge on any atom is 0.352 e. The molecule has 2 amide bonds. The number of thioether (sulfide) groups is 3. The third kappa shape index (κ3) is 5.47. The number of nitrogens with zero attached hydrogens (tertiary/aromatic N) is 2. The van der Waals surface area contributed by atoms with Crippen molar-refractivity contribution in [3.63, 3.8) is 0 Å². The quantitative estimate of drug-likeness (QED) is 0.248. The van der Waals surface area contributed by atoms with Crippen LogP contribution in [-0.4, -0.2) is 67.0 Å². The Morgan fingerprint density at radius 1 is 1.42 bits per heavy atom. The zero-order chi connectivity index (χ0) is 23.8. The number of halogens is 2. The van der Waals surface area contributed by atoms with Crippen molar-refractivity contribution in [2.45, 2.75) is 28.2 Å². The van der Waals surface area contributed by atoms with Gasteiger partial charge < -0.3 is 10.4 Å². The second-order valence-electron chi connectivity index (χ2n) is 7.30. The van der Waals surface area contributed by atoms with Gasteiger partial charge in [0.2, 0.25) is 5.91 Å². The molecule has 0 aromatic heterocycles. The van der Waals surface area contributed by atoms with Gasteiger partial charge in [-0.05, 0) is 42.6 Å². The normalized spacial score (nSPS) is 26.3. The molecule has 14 heteroatoms. The van der Waals surface area contributed by atoms with Gasteiger partial charge in [-0.1, -0.05) is 23.2 Å². The van der Waals surface area contributed by atoms with Gasteiger partial charge >= 0.3 is 5.97 Å². The Labute approximate surface area is 217 Å². The van der Waals surface area contributed by atoms with E-state index >= 15 is 0 Å². The first-order valence-electron chi connectivity index (χ1n) is 9.56. The summed E-state index contributed by atoms with van der Waals surface area (Å²) >= 11 is 17.6. The van der Waals surface area contributed by atoms with Gasteiger partial charge in [0.05, 0.1) is 16.3 Å². The molecule has 176 valence electrons. The van der Waals surface area contributed by atoms with E-state index in [-0.39, 0.29) is 17.4 Å². The number of nitrogens with one attached hydrogen (secondary N) is 2. The molecule has 0 radical (unpaired) electrons. The lowest BCUT2D eigenvalue weighted by atomic mass is 10.0. The Bertz CT molecular complexity index is 1070. The lowest BCUT2D eigenvalue weighted by Crippen LogP contribution is -2.70. The van der Waals surface area contributed by atoms with Crippen molar-refractivity contribution in [2.24, 2.45) is 4.99 Å². The topological polar surface area (TPSA) is 111 Å². The first kappa shape index (κ1) is 25.1. The molecule has 0 spiro atoms. The Hall–Kier alpha value is -1.02. The molecule has 4 rings (SSSR count). The van der Waals surface area contributed by atoms with Crippen molar-refractivity contribution in [3.8, 4) is 0 Å². The number of amides is 2. The Kier molecular flexibility index (Phi) is 7.83. The van der Waals surface area contributed by atoms with E-state index in [0.29, 0.717) is 32.0 Å². The summed E-state index contributed by atoms with van der Waals surface area (Å²) in [6, 6.07) is 4.22. The molecule has 3 atom stereocenters. The summed E-state index contributed by atoms with van der Waals surface area (Å²) in [6.45, 7) is 1.91. The van der Waals surface area contributed by atoms with Crippen LogP contribution in [0.15, 0.2) is 39.4 Å². The minimum atomic E-state index is -1.15. The molecule has 3 aliphatic heterocycles. The maximum absolute atomic E-state index is 12.8. The van der Waals surface area contributed by atoms with E-state index in [4.69, 9.17) is 23.2 Å². The van der Waals surface area contributed by atoms with Crippen molar-refractivity contribution in [1.82, 2.24) is 14.9 Å². The first-order chi connectivity index (χ1) is 15.7.